The number of carboxylic acid groups (broad SMARTS) is 1. The van der Waals surface area contributed by atoms with Crippen molar-refractivity contribution in [2.45, 2.75) is 19.9 Å². The smallest absolute Gasteiger partial charge is 0.325 e. The van der Waals surface area contributed by atoms with Crippen LogP contribution in [0.25, 0.3) is 0 Å². The topological polar surface area (TPSA) is 95.5 Å². The molecule has 0 aliphatic rings. The molecule has 0 fully saturated rings. The van der Waals surface area contributed by atoms with Crippen molar-refractivity contribution in [2.24, 2.45) is 0 Å². The van der Waals surface area contributed by atoms with Gasteiger partial charge in [-0.2, -0.15) is 0 Å². The van der Waals surface area contributed by atoms with Crippen molar-refractivity contribution < 1.29 is 23.9 Å². The van der Waals surface area contributed by atoms with Gasteiger partial charge in [-0.05, 0) is 25.1 Å². The molecule has 3 N–H and O–H groups in total. The largest absolute Gasteiger partial charge is 0.480 e. The lowest BCUT2D eigenvalue weighted by molar-refractivity contribution is -0.138. The summed E-state index contributed by atoms with van der Waals surface area (Å²) in [7, 11) is 0. The second kappa shape index (κ2) is 5.94. The molecule has 0 heterocycles. The maximum Gasteiger partial charge on any atom is 0.325 e. The van der Waals surface area contributed by atoms with Crippen molar-refractivity contribution in [2.75, 3.05) is 5.32 Å². The number of carbonyl (C=O) groups is 3. The summed E-state index contributed by atoms with van der Waals surface area (Å²) in [5.74, 6) is -3.01. The number of nitrogens with one attached hydrogen (secondary N) is 2. The Hall–Kier alpha value is -2.44. The molecule has 6 nitrogen and oxygen atoms in total. The van der Waals surface area contributed by atoms with Crippen molar-refractivity contribution in [3.8, 4) is 0 Å². The first-order valence-electron chi connectivity index (χ1n) is 5.42. The first-order valence-corrected chi connectivity index (χ1v) is 5.42. The molecular formula is C12H13FN2O4. The molecule has 1 aromatic carbocycles. The molecular weight excluding hydrogens is 255 g/mol. The molecule has 0 aliphatic heterocycles. The van der Waals surface area contributed by atoms with Crippen LogP contribution in [0.1, 0.15) is 24.2 Å². The minimum atomic E-state index is -1.18. The average Bonchev–Trinajstić information content (AvgIpc) is 2.31. The Morgan fingerprint density at radius 3 is 2.47 bits per heavy atom. The van der Waals surface area contributed by atoms with Crippen LogP contribution in [0.4, 0.5) is 10.1 Å². The Kier molecular flexibility index (Phi) is 4.57. The summed E-state index contributed by atoms with van der Waals surface area (Å²) in [6.07, 6.45) is 0. The Morgan fingerprint density at radius 1 is 1.32 bits per heavy atom. The van der Waals surface area contributed by atoms with Crippen LogP contribution in [0.5, 0.6) is 0 Å². The van der Waals surface area contributed by atoms with Gasteiger partial charge in [0.05, 0.1) is 5.69 Å². The molecule has 1 rings (SSSR count). The zero-order chi connectivity index (χ0) is 14.6. The van der Waals surface area contributed by atoms with Crippen LogP contribution in [-0.2, 0) is 9.59 Å². The van der Waals surface area contributed by atoms with Gasteiger partial charge in [-0.3, -0.25) is 14.4 Å². The molecule has 7 heteroatoms. The van der Waals surface area contributed by atoms with E-state index in [1.54, 1.807) is 0 Å². The van der Waals surface area contributed by atoms with Crippen molar-refractivity contribution in [3.05, 3.63) is 29.6 Å². The van der Waals surface area contributed by atoms with Crippen LogP contribution in [0, 0.1) is 5.82 Å². The number of hydrogen-bond donors (Lipinski definition) is 3. The highest BCUT2D eigenvalue weighted by atomic mass is 19.1. The summed E-state index contributed by atoms with van der Waals surface area (Å²) in [4.78, 5) is 33.2. The molecule has 102 valence electrons. The number of carbonyl (C=O) groups excluding carboxylic acids is 2. The second-order valence-electron chi connectivity index (χ2n) is 3.91. The molecule has 0 saturated carbocycles. The number of hydrogen-bond acceptors (Lipinski definition) is 3. The summed E-state index contributed by atoms with van der Waals surface area (Å²) >= 11 is 0. The van der Waals surface area contributed by atoms with Crippen LogP contribution in [0.3, 0.4) is 0 Å². The van der Waals surface area contributed by atoms with Gasteiger partial charge in [0.15, 0.2) is 0 Å². The molecule has 0 spiro atoms. The van der Waals surface area contributed by atoms with Gasteiger partial charge in [0, 0.05) is 12.5 Å². The van der Waals surface area contributed by atoms with E-state index >= 15 is 0 Å². The lowest BCUT2D eigenvalue weighted by Crippen LogP contribution is -2.38. The van der Waals surface area contributed by atoms with E-state index in [-0.39, 0.29) is 11.3 Å². The fraction of sp³-hybridized carbons (Fsp3) is 0.250. The average molecular weight is 268 g/mol. The van der Waals surface area contributed by atoms with Crippen LogP contribution in [0.15, 0.2) is 18.2 Å². The van der Waals surface area contributed by atoms with Gasteiger partial charge in [0.25, 0.3) is 5.91 Å². The zero-order valence-corrected chi connectivity index (χ0v) is 10.4. The fourth-order valence-corrected chi connectivity index (χ4v) is 1.29. The summed E-state index contributed by atoms with van der Waals surface area (Å²) in [6.45, 7) is 2.51. The van der Waals surface area contributed by atoms with Gasteiger partial charge < -0.3 is 15.7 Å². The Labute approximate surface area is 108 Å². The number of halogens is 1. The van der Waals surface area contributed by atoms with Crippen molar-refractivity contribution in [3.63, 3.8) is 0 Å². The lowest BCUT2D eigenvalue weighted by atomic mass is 10.1. The maximum absolute atomic E-state index is 13.3. The van der Waals surface area contributed by atoms with E-state index in [4.69, 9.17) is 5.11 Å². The van der Waals surface area contributed by atoms with E-state index in [0.717, 1.165) is 12.1 Å². The number of benzene rings is 1. The minimum absolute atomic E-state index is 0.0539. The third-order valence-electron chi connectivity index (χ3n) is 2.26. The number of amides is 2. The number of anilines is 1. The van der Waals surface area contributed by atoms with E-state index in [1.807, 2.05) is 0 Å². The van der Waals surface area contributed by atoms with E-state index < -0.39 is 29.6 Å². The monoisotopic (exact) mass is 268 g/mol. The standard InChI is InChI=1S/C12H13FN2O4/c1-6(12(18)19)14-11(17)8-3-4-9(13)10(5-8)15-7(2)16/h3-6H,1-2H3,(H,14,17)(H,15,16)(H,18,19)/t6-/m0/s1. The quantitative estimate of drug-likeness (QED) is 0.758. The van der Waals surface area contributed by atoms with Gasteiger partial charge >= 0.3 is 5.97 Å². The molecule has 1 aromatic rings. The predicted molar refractivity (Wildman–Crippen MR) is 65.3 cm³/mol. The van der Waals surface area contributed by atoms with E-state index in [9.17, 15) is 18.8 Å². The lowest BCUT2D eigenvalue weighted by Gasteiger charge is -2.10. The second-order valence-corrected chi connectivity index (χ2v) is 3.91. The molecule has 0 unspecified atom stereocenters. The predicted octanol–water partition coefficient (Wildman–Crippen LogP) is 0.987. The van der Waals surface area contributed by atoms with Crippen LogP contribution in [0.2, 0.25) is 0 Å². The molecule has 1 atom stereocenters. The Bertz CT molecular complexity index is 530. The van der Waals surface area contributed by atoms with Gasteiger partial charge in [0.2, 0.25) is 5.91 Å². The van der Waals surface area contributed by atoms with Crippen molar-refractivity contribution >= 4 is 23.5 Å². The molecule has 0 aromatic heterocycles. The summed E-state index contributed by atoms with van der Waals surface area (Å²) < 4.78 is 13.3. The molecule has 0 radical (unpaired) electrons. The molecule has 0 saturated heterocycles. The Balaban J connectivity index is 2.92. The summed E-state index contributed by atoms with van der Waals surface area (Å²) in [6, 6.07) is 2.29. The zero-order valence-electron chi connectivity index (χ0n) is 10.4. The highest BCUT2D eigenvalue weighted by Gasteiger charge is 2.16. The molecule has 0 aliphatic carbocycles. The normalized spacial score (nSPS) is 11.5. The van der Waals surface area contributed by atoms with Crippen molar-refractivity contribution in [1.29, 1.82) is 0 Å². The highest BCUT2D eigenvalue weighted by Crippen LogP contribution is 2.16. The third kappa shape index (κ3) is 4.06. The first kappa shape index (κ1) is 14.6. The molecule has 2 amide bonds. The van der Waals surface area contributed by atoms with Gasteiger partial charge in [-0.25, -0.2) is 4.39 Å². The minimum Gasteiger partial charge on any atom is -0.480 e. The molecule has 0 bridgehead atoms. The van der Waals surface area contributed by atoms with Gasteiger partial charge in [-0.1, -0.05) is 0 Å². The highest BCUT2D eigenvalue weighted by molar-refractivity contribution is 5.98. The Morgan fingerprint density at radius 2 is 1.95 bits per heavy atom. The van der Waals surface area contributed by atoms with Crippen LogP contribution >= 0.6 is 0 Å². The van der Waals surface area contributed by atoms with Gasteiger partial charge in [-0.15, -0.1) is 0 Å². The maximum atomic E-state index is 13.3. The SMILES string of the molecule is CC(=O)Nc1cc(C(=O)N[C@@H](C)C(=O)O)ccc1F. The first-order chi connectivity index (χ1) is 8.81. The van der Waals surface area contributed by atoms with Crippen molar-refractivity contribution in [1.82, 2.24) is 5.32 Å². The number of aliphatic carboxylic acids is 1. The number of rotatable bonds is 4. The van der Waals surface area contributed by atoms with E-state index in [2.05, 4.69) is 10.6 Å². The number of carboxylic acids is 1. The summed E-state index contributed by atoms with van der Waals surface area (Å²) in [5.41, 5.74) is -0.0821. The molecule has 19 heavy (non-hydrogen) atoms. The van der Waals surface area contributed by atoms with E-state index in [1.165, 1.54) is 19.9 Å². The van der Waals surface area contributed by atoms with Crippen LogP contribution in [-0.4, -0.2) is 28.9 Å². The summed E-state index contributed by atoms with van der Waals surface area (Å²) in [5, 5.41) is 13.1. The third-order valence-corrected chi connectivity index (χ3v) is 2.26. The van der Waals surface area contributed by atoms with Gasteiger partial charge in [0.1, 0.15) is 11.9 Å². The fourth-order valence-electron chi connectivity index (χ4n) is 1.29. The van der Waals surface area contributed by atoms with Crippen LogP contribution < -0.4 is 10.6 Å². The van der Waals surface area contributed by atoms with E-state index in [0.29, 0.717) is 0 Å².